The molecule has 1 atom stereocenters. The van der Waals surface area contributed by atoms with E-state index in [0.29, 0.717) is 16.9 Å². The van der Waals surface area contributed by atoms with E-state index in [9.17, 15) is 9.18 Å². The number of carbonyl (C=O) groups is 1. The number of likely N-dealkylation sites (tertiary alicyclic amines) is 1. The molecule has 1 saturated heterocycles. The molecule has 160 valence electrons. The van der Waals surface area contributed by atoms with Crippen molar-refractivity contribution in [1.29, 1.82) is 0 Å². The van der Waals surface area contributed by atoms with Gasteiger partial charge in [-0.3, -0.25) is 9.69 Å². The fourth-order valence-electron chi connectivity index (χ4n) is 3.81. The Morgan fingerprint density at radius 3 is 2.61 bits per heavy atom. The van der Waals surface area contributed by atoms with Crippen molar-refractivity contribution in [3.63, 3.8) is 0 Å². The van der Waals surface area contributed by atoms with E-state index >= 15 is 0 Å². The summed E-state index contributed by atoms with van der Waals surface area (Å²) in [6.07, 6.45) is 2.57. The average molecular weight is 420 g/mol. The van der Waals surface area contributed by atoms with Gasteiger partial charge in [0.25, 0.3) is 5.91 Å². The standard InChI is InChI=1S/C24H25FN4O2/c1-16-22(24(30)28-20-7-9-21(31-2)10-8-20)13-26-23(27-16)18-11-12-29(15-18)14-17-3-5-19(25)6-4-17/h3-10,13,18H,11-12,14-15H2,1-2H3,(H,28,30)/t18-/m1/s1. The zero-order chi connectivity index (χ0) is 21.8. The van der Waals surface area contributed by atoms with E-state index in [2.05, 4.69) is 20.2 Å². The average Bonchev–Trinajstić information content (AvgIpc) is 3.24. The number of nitrogens with zero attached hydrogens (tertiary/aromatic N) is 3. The number of aryl methyl sites for hydroxylation is 1. The number of hydrogen-bond acceptors (Lipinski definition) is 5. The smallest absolute Gasteiger partial charge is 0.259 e. The van der Waals surface area contributed by atoms with Gasteiger partial charge in [-0.25, -0.2) is 14.4 Å². The van der Waals surface area contributed by atoms with Crippen molar-refractivity contribution >= 4 is 11.6 Å². The van der Waals surface area contributed by atoms with Crippen LogP contribution < -0.4 is 10.1 Å². The molecule has 0 radical (unpaired) electrons. The second kappa shape index (κ2) is 9.22. The topological polar surface area (TPSA) is 67.3 Å². The SMILES string of the molecule is COc1ccc(NC(=O)c2cnc([C@@H]3CCN(Cc4ccc(F)cc4)C3)nc2C)cc1. The number of anilines is 1. The van der Waals surface area contributed by atoms with Crippen molar-refractivity contribution in [3.05, 3.63) is 83.2 Å². The first-order valence-corrected chi connectivity index (χ1v) is 10.3. The highest BCUT2D eigenvalue weighted by Gasteiger charge is 2.26. The molecule has 1 amide bonds. The third kappa shape index (κ3) is 5.06. The Labute approximate surface area is 181 Å². The third-order valence-corrected chi connectivity index (χ3v) is 5.55. The van der Waals surface area contributed by atoms with Crippen molar-refractivity contribution in [2.75, 3.05) is 25.5 Å². The molecular formula is C24H25FN4O2. The van der Waals surface area contributed by atoms with Crippen LogP contribution in [0.1, 0.15) is 39.8 Å². The lowest BCUT2D eigenvalue weighted by Gasteiger charge is -2.16. The van der Waals surface area contributed by atoms with Gasteiger partial charge in [0.05, 0.1) is 18.4 Å². The zero-order valence-electron chi connectivity index (χ0n) is 17.6. The Balaban J connectivity index is 1.38. The van der Waals surface area contributed by atoms with Gasteiger partial charge in [-0.15, -0.1) is 0 Å². The molecule has 0 unspecified atom stereocenters. The predicted octanol–water partition coefficient (Wildman–Crippen LogP) is 4.17. The molecule has 1 fully saturated rings. The molecule has 7 heteroatoms. The summed E-state index contributed by atoms with van der Waals surface area (Å²) in [6.45, 7) is 4.38. The lowest BCUT2D eigenvalue weighted by Crippen LogP contribution is -2.21. The summed E-state index contributed by atoms with van der Waals surface area (Å²) >= 11 is 0. The molecule has 1 N–H and O–H groups in total. The lowest BCUT2D eigenvalue weighted by atomic mass is 10.1. The van der Waals surface area contributed by atoms with Crippen LogP contribution in [0.3, 0.4) is 0 Å². The first kappa shape index (κ1) is 20.9. The highest BCUT2D eigenvalue weighted by Crippen LogP contribution is 2.26. The Hall–Kier alpha value is -3.32. The van der Waals surface area contributed by atoms with Gasteiger partial charge < -0.3 is 10.1 Å². The second-order valence-corrected chi connectivity index (χ2v) is 7.76. The molecule has 6 nitrogen and oxygen atoms in total. The Morgan fingerprint density at radius 1 is 1.19 bits per heavy atom. The van der Waals surface area contributed by atoms with Crippen molar-refractivity contribution in [2.24, 2.45) is 0 Å². The van der Waals surface area contributed by atoms with Crippen molar-refractivity contribution in [3.8, 4) is 5.75 Å². The van der Waals surface area contributed by atoms with E-state index in [1.165, 1.54) is 12.1 Å². The number of nitrogens with one attached hydrogen (secondary N) is 1. The predicted molar refractivity (Wildman–Crippen MR) is 117 cm³/mol. The van der Waals surface area contributed by atoms with Gasteiger partial charge >= 0.3 is 0 Å². The molecule has 0 saturated carbocycles. The van der Waals surface area contributed by atoms with Crippen LogP contribution in [0.5, 0.6) is 5.75 Å². The molecule has 31 heavy (non-hydrogen) atoms. The fourth-order valence-corrected chi connectivity index (χ4v) is 3.81. The lowest BCUT2D eigenvalue weighted by molar-refractivity contribution is 0.102. The molecule has 1 aromatic heterocycles. The van der Waals surface area contributed by atoms with Crippen molar-refractivity contribution in [2.45, 2.75) is 25.8 Å². The Bertz CT molecular complexity index is 1050. The van der Waals surface area contributed by atoms with Crippen LogP contribution in [0.15, 0.2) is 54.7 Å². The van der Waals surface area contributed by atoms with Gasteiger partial charge in [-0.2, -0.15) is 0 Å². The molecule has 0 aliphatic carbocycles. The van der Waals surface area contributed by atoms with Crippen LogP contribution in [-0.4, -0.2) is 41.0 Å². The molecule has 0 bridgehead atoms. The number of carbonyl (C=O) groups excluding carboxylic acids is 1. The monoisotopic (exact) mass is 420 g/mol. The number of halogens is 1. The number of aromatic nitrogens is 2. The number of rotatable bonds is 6. The van der Waals surface area contributed by atoms with Crippen LogP contribution in [0, 0.1) is 12.7 Å². The number of benzene rings is 2. The maximum atomic E-state index is 13.1. The quantitative estimate of drug-likeness (QED) is 0.648. The summed E-state index contributed by atoms with van der Waals surface area (Å²) in [6, 6.07) is 13.8. The summed E-state index contributed by atoms with van der Waals surface area (Å²) in [5.41, 5.74) is 2.89. The van der Waals surface area contributed by atoms with E-state index in [-0.39, 0.29) is 17.6 Å². The highest BCUT2D eigenvalue weighted by molar-refractivity contribution is 6.04. The first-order valence-electron chi connectivity index (χ1n) is 10.3. The number of methoxy groups -OCH3 is 1. The summed E-state index contributed by atoms with van der Waals surface area (Å²) in [5.74, 6) is 1.26. The van der Waals surface area contributed by atoms with Gasteiger partial charge in [0.15, 0.2) is 0 Å². The third-order valence-electron chi connectivity index (χ3n) is 5.55. The summed E-state index contributed by atoms with van der Waals surface area (Å²) < 4.78 is 18.2. The minimum absolute atomic E-state index is 0.219. The molecule has 2 heterocycles. The van der Waals surface area contributed by atoms with E-state index < -0.39 is 0 Å². The molecule has 0 spiro atoms. The summed E-state index contributed by atoms with van der Waals surface area (Å²) in [5, 5.41) is 2.87. The van der Waals surface area contributed by atoms with Crippen molar-refractivity contribution < 1.29 is 13.9 Å². The molecule has 3 aromatic rings. The number of amides is 1. The molecule has 4 rings (SSSR count). The van der Waals surface area contributed by atoms with Crippen LogP contribution in [0.4, 0.5) is 10.1 Å². The maximum absolute atomic E-state index is 13.1. The number of ether oxygens (including phenoxy) is 1. The van der Waals surface area contributed by atoms with E-state index in [1.807, 2.05) is 19.1 Å². The summed E-state index contributed by atoms with van der Waals surface area (Å²) in [7, 11) is 1.60. The minimum Gasteiger partial charge on any atom is -0.497 e. The van der Waals surface area contributed by atoms with Gasteiger partial charge in [-0.1, -0.05) is 12.1 Å². The zero-order valence-corrected chi connectivity index (χ0v) is 17.6. The highest BCUT2D eigenvalue weighted by atomic mass is 19.1. The van der Waals surface area contributed by atoms with Gasteiger partial charge in [0.2, 0.25) is 0 Å². The van der Waals surface area contributed by atoms with Gasteiger partial charge in [-0.05, 0) is 61.9 Å². The fraction of sp³-hybridized carbons (Fsp3) is 0.292. The molecular weight excluding hydrogens is 395 g/mol. The van der Waals surface area contributed by atoms with E-state index in [4.69, 9.17) is 4.74 Å². The maximum Gasteiger partial charge on any atom is 0.259 e. The van der Waals surface area contributed by atoms with Crippen LogP contribution >= 0.6 is 0 Å². The Kier molecular flexibility index (Phi) is 6.23. The van der Waals surface area contributed by atoms with E-state index in [0.717, 1.165) is 43.2 Å². The Morgan fingerprint density at radius 2 is 1.94 bits per heavy atom. The second-order valence-electron chi connectivity index (χ2n) is 7.76. The largest absolute Gasteiger partial charge is 0.497 e. The molecule has 2 aromatic carbocycles. The van der Waals surface area contributed by atoms with Crippen LogP contribution in [-0.2, 0) is 6.54 Å². The molecule has 1 aliphatic heterocycles. The van der Waals surface area contributed by atoms with Gasteiger partial charge in [0, 0.05) is 30.9 Å². The van der Waals surface area contributed by atoms with Crippen molar-refractivity contribution in [1.82, 2.24) is 14.9 Å². The number of hydrogen-bond donors (Lipinski definition) is 1. The first-order chi connectivity index (χ1) is 15.0. The van der Waals surface area contributed by atoms with Gasteiger partial charge in [0.1, 0.15) is 17.4 Å². The molecule has 1 aliphatic rings. The van der Waals surface area contributed by atoms with Crippen LogP contribution in [0.25, 0.3) is 0 Å². The van der Waals surface area contributed by atoms with Crippen LogP contribution in [0.2, 0.25) is 0 Å². The minimum atomic E-state index is -0.237. The van der Waals surface area contributed by atoms with E-state index in [1.54, 1.807) is 37.6 Å². The normalized spacial score (nSPS) is 16.3. The summed E-state index contributed by atoms with van der Waals surface area (Å²) in [4.78, 5) is 24.1.